The summed E-state index contributed by atoms with van der Waals surface area (Å²) in [6.07, 6.45) is -0.220. The smallest absolute Gasteiger partial charge is 0.337 e. The predicted octanol–water partition coefficient (Wildman–Crippen LogP) is 3.50. The molecule has 1 aliphatic rings. The third kappa shape index (κ3) is 3.28. The summed E-state index contributed by atoms with van der Waals surface area (Å²) in [7, 11) is 0. The second-order valence-electron chi connectivity index (χ2n) is 6.18. The number of aromatic amines is 1. The van der Waals surface area contributed by atoms with E-state index in [1.807, 2.05) is 51.1 Å². The number of allylic oxidation sites excluding steroid dienone is 1. The highest BCUT2D eigenvalue weighted by Crippen LogP contribution is 2.43. The highest BCUT2D eigenvalue weighted by atomic mass is 32.1. The summed E-state index contributed by atoms with van der Waals surface area (Å²) in [6.45, 7) is 5.47. The molecule has 3 rings (SSSR count). The average Bonchev–Trinajstić information content (AvgIpc) is 2.53. The first-order valence-corrected chi connectivity index (χ1v) is 8.42. The van der Waals surface area contributed by atoms with Crippen LogP contribution in [0.3, 0.4) is 0 Å². The Kier molecular flexibility index (Phi) is 4.59. The SMILES string of the molecule is CC1=C(C(=O)OC(C)C)C(c2ccccc2)c2c(nc(=S)[nH]c2N)N1. The molecule has 0 fully saturated rings. The molecule has 4 N–H and O–H groups in total. The van der Waals surface area contributed by atoms with Crippen molar-refractivity contribution in [3.05, 3.63) is 57.5 Å². The lowest BCUT2D eigenvalue weighted by Crippen LogP contribution is -2.27. The molecular weight excluding hydrogens is 336 g/mol. The fraction of sp³-hybridized carbons (Fsp3) is 0.278. The van der Waals surface area contributed by atoms with Crippen LogP contribution in [-0.2, 0) is 9.53 Å². The molecule has 1 atom stereocenters. The van der Waals surface area contributed by atoms with E-state index >= 15 is 0 Å². The molecule has 130 valence electrons. The van der Waals surface area contributed by atoms with Crippen molar-refractivity contribution in [2.24, 2.45) is 0 Å². The van der Waals surface area contributed by atoms with Crippen LogP contribution in [0.5, 0.6) is 0 Å². The van der Waals surface area contributed by atoms with Crippen molar-refractivity contribution in [3.63, 3.8) is 0 Å². The Labute approximate surface area is 151 Å². The summed E-state index contributed by atoms with van der Waals surface area (Å²) >= 11 is 5.12. The van der Waals surface area contributed by atoms with Gasteiger partial charge in [0.25, 0.3) is 0 Å². The van der Waals surface area contributed by atoms with Gasteiger partial charge in [0.1, 0.15) is 11.6 Å². The molecule has 0 saturated carbocycles. The maximum atomic E-state index is 12.8. The lowest BCUT2D eigenvalue weighted by Gasteiger charge is -2.30. The molecule has 0 aliphatic carbocycles. The number of hydrogen-bond donors (Lipinski definition) is 3. The van der Waals surface area contributed by atoms with E-state index < -0.39 is 0 Å². The Morgan fingerprint density at radius 2 is 2.00 bits per heavy atom. The molecule has 0 bridgehead atoms. The first-order valence-electron chi connectivity index (χ1n) is 8.02. The molecule has 0 spiro atoms. The quantitative estimate of drug-likeness (QED) is 0.576. The number of hydrogen-bond acceptors (Lipinski definition) is 6. The number of ether oxygens (including phenoxy) is 1. The molecule has 1 unspecified atom stereocenters. The van der Waals surface area contributed by atoms with Gasteiger partial charge in [-0.05, 0) is 38.6 Å². The van der Waals surface area contributed by atoms with Gasteiger partial charge in [0, 0.05) is 11.3 Å². The molecule has 0 radical (unpaired) electrons. The number of nitrogens with one attached hydrogen (secondary N) is 2. The number of carbonyl (C=O) groups excluding carboxylic acids is 1. The molecule has 7 heteroatoms. The normalized spacial score (nSPS) is 16.4. The van der Waals surface area contributed by atoms with Crippen molar-refractivity contribution < 1.29 is 9.53 Å². The molecule has 0 amide bonds. The fourth-order valence-electron chi connectivity index (χ4n) is 3.02. The van der Waals surface area contributed by atoms with Crippen LogP contribution in [0.2, 0.25) is 0 Å². The van der Waals surface area contributed by atoms with Gasteiger partial charge >= 0.3 is 5.97 Å². The molecule has 1 aromatic heterocycles. The number of benzene rings is 1. The first-order chi connectivity index (χ1) is 11.9. The monoisotopic (exact) mass is 356 g/mol. The van der Waals surface area contributed by atoms with Crippen molar-refractivity contribution in [2.75, 3.05) is 11.1 Å². The molecule has 2 heterocycles. The largest absolute Gasteiger partial charge is 0.460 e. The highest BCUT2D eigenvalue weighted by Gasteiger charge is 2.36. The average molecular weight is 356 g/mol. The van der Waals surface area contributed by atoms with Crippen LogP contribution in [0.25, 0.3) is 0 Å². The van der Waals surface area contributed by atoms with Crippen LogP contribution in [0.4, 0.5) is 11.6 Å². The van der Waals surface area contributed by atoms with Gasteiger partial charge < -0.3 is 20.8 Å². The standard InChI is InChI=1S/C18H20N4O2S/c1-9(2)24-17(23)12-10(3)20-16-14(15(19)21-18(25)22-16)13(12)11-7-5-4-6-8-11/h4-9,13H,1-3H3,(H4,19,20,21,22,25). The topological polar surface area (TPSA) is 93.0 Å². The van der Waals surface area contributed by atoms with Crippen LogP contribution >= 0.6 is 12.2 Å². The molecule has 2 aromatic rings. The fourth-order valence-corrected chi connectivity index (χ4v) is 3.22. The Bertz CT molecular complexity index is 903. The van der Waals surface area contributed by atoms with E-state index in [1.165, 1.54) is 0 Å². The Balaban J connectivity index is 2.23. The van der Waals surface area contributed by atoms with Gasteiger partial charge in [-0.3, -0.25) is 0 Å². The molecule has 1 aromatic carbocycles. The van der Waals surface area contributed by atoms with E-state index in [2.05, 4.69) is 15.3 Å². The first kappa shape index (κ1) is 17.2. The van der Waals surface area contributed by atoms with Crippen molar-refractivity contribution >= 4 is 29.8 Å². The van der Waals surface area contributed by atoms with E-state index in [0.29, 0.717) is 28.5 Å². The molecular formula is C18H20N4O2S. The van der Waals surface area contributed by atoms with Crippen LogP contribution < -0.4 is 11.1 Å². The maximum Gasteiger partial charge on any atom is 0.337 e. The van der Waals surface area contributed by atoms with Gasteiger partial charge in [-0.1, -0.05) is 30.3 Å². The number of aromatic nitrogens is 2. The lowest BCUT2D eigenvalue weighted by atomic mass is 9.82. The summed E-state index contributed by atoms with van der Waals surface area (Å²) in [4.78, 5) is 20.0. The van der Waals surface area contributed by atoms with E-state index in [1.54, 1.807) is 0 Å². The number of fused-ring (bicyclic) bond motifs is 1. The minimum atomic E-state index is -0.386. The summed E-state index contributed by atoms with van der Waals surface area (Å²) in [5, 5.41) is 3.15. The summed E-state index contributed by atoms with van der Waals surface area (Å²) in [5.74, 6) is 0.191. The van der Waals surface area contributed by atoms with Gasteiger partial charge in [0.2, 0.25) is 0 Å². The molecule has 1 aliphatic heterocycles. The maximum absolute atomic E-state index is 12.8. The number of rotatable bonds is 3. The van der Waals surface area contributed by atoms with Gasteiger partial charge in [-0.25, -0.2) is 9.78 Å². The van der Waals surface area contributed by atoms with Crippen molar-refractivity contribution in [3.8, 4) is 0 Å². The van der Waals surface area contributed by atoms with Crippen molar-refractivity contribution in [1.29, 1.82) is 0 Å². The van der Waals surface area contributed by atoms with Crippen LogP contribution in [0.1, 0.15) is 37.8 Å². The zero-order chi connectivity index (χ0) is 18.1. The van der Waals surface area contributed by atoms with Crippen LogP contribution in [0, 0.1) is 4.77 Å². The van der Waals surface area contributed by atoms with Gasteiger partial charge in [0.05, 0.1) is 17.6 Å². The number of carbonyl (C=O) groups is 1. The summed E-state index contributed by atoms with van der Waals surface area (Å²) < 4.78 is 5.75. The van der Waals surface area contributed by atoms with E-state index in [0.717, 1.165) is 5.56 Å². The van der Waals surface area contributed by atoms with E-state index in [-0.39, 0.29) is 22.8 Å². The number of nitrogens with two attached hydrogens (primary N) is 1. The van der Waals surface area contributed by atoms with Crippen LogP contribution in [-0.4, -0.2) is 22.0 Å². The van der Waals surface area contributed by atoms with E-state index in [4.69, 9.17) is 22.7 Å². The summed E-state index contributed by atoms with van der Waals surface area (Å²) in [5.41, 5.74) is 9.03. The minimum Gasteiger partial charge on any atom is -0.460 e. The predicted molar refractivity (Wildman–Crippen MR) is 99.7 cm³/mol. The van der Waals surface area contributed by atoms with Crippen molar-refractivity contribution in [2.45, 2.75) is 32.8 Å². The zero-order valence-corrected chi connectivity index (χ0v) is 15.1. The number of nitrogen functional groups attached to an aromatic ring is 1. The summed E-state index contributed by atoms with van der Waals surface area (Å²) in [6, 6.07) is 9.68. The van der Waals surface area contributed by atoms with Gasteiger partial charge in [0.15, 0.2) is 4.77 Å². The Morgan fingerprint density at radius 3 is 2.64 bits per heavy atom. The highest BCUT2D eigenvalue weighted by molar-refractivity contribution is 7.71. The second kappa shape index (κ2) is 6.68. The second-order valence-corrected chi connectivity index (χ2v) is 6.57. The minimum absolute atomic E-state index is 0.220. The van der Waals surface area contributed by atoms with E-state index in [9.17, 15) is 4.79 Å². The lowest BCUT2D eigenvalue weighted by molar-refractivity contribution is -0.142. The van der Waals surface area contributed by atoms with Crippen LogP contribution in [0.15, 0.2) is 41.6 Å². The number of H-pyrrole nitrogens is 1. The molecule has 25 heavy (non-hydrogen) atoms. The number of anilines is 2. The van der Waals surface area contributed by atoms with Crippen molar-refractivity contribution in [1.82, 2.24) is 9.97 Å². The molecule has 6 nitrogen and oxygen atoms in total. The number of nitrogens with zero attached hydrogens (tertiary/aromatic N) is 1. The molecule has 0 saturated heterocycles. The zero-order valence-electron chi connectivity index (χ0n) is 14.3. The van der Waals surface area contributed by atoms with Gasteiger partial charge in [-0.15, -0.1) is 0 Å². The third-order valence-corrected chi connectivity index (χ3v) is 4.18. The van der Waals surface area contributed by atoms with Gasteiger partial charge in [-0.2, -0.15) is 0 Å². The number of esters is 1. The Hall–Kier alpha value is -2.67. The third-order valence-electron chi connectivity index (χ3n) is 3.98. The Morgan fingerprint density at radius 1 is 1.32 bits per heavy atom.